The van der Waals surface area contributed by atoms with E-state index >= 15 is 0 Å². The van der Waals surface area contributed by atoms with E-state index < -0.39 is 0 Å². The zero-order valence-corrected chi connectivity index (χ0v) is 13.8. The van der Waals surface area contributed by atoms with Gasteiger partial charge in [0.2, 0.25) is 0 Å². The summed E-state index contributed by atoms with van der Waals surface area (Å²) in [6.45, 7) is 4.30. The summed E-state index contributed by atoms with van der Waals surface area (Å²) in [5, 5.41) is 8.71. The van der Waals surface area contributed by atoms with Gasteiger partial charge in [0.15, 0.2) is 5.16 Å². The number of pyridine rings is 1. The summed E-state index contributed by atoms with van der Waals surface area (Å²) in [4.78, 5) is 14.7. The lowest BCUT2D eigenvalue weighted by atomic mass is 10.2. The van der Waals surface area contributed by atoms with Crippen LogP contribution in [-0.4, -0.2) is 58.3 Å². The second-order valence-electron chi connectivity index (χ2n) is 5.73. The van der Waals surface area contributed by atoms with E-state index in [1.54, 1.807) is 11.8 Å². The van der Waals surface area contributed by atoms with E-state index in [4.69, 9.17) is 0 Å². The molecule has 4 rings (SSSR count). The van der Waals surface area contributed by atoms with Crippen LogP contribution in [0, 0.1) is 0 Å². The van der Waals surface area contributed by atoms with Crippen molar-refractivity contribution in [3.8, 4) is 0 Å². The predicted octanol–water partition coefficient (Wildman–Crippen LogP) is 2.26. The zero-order chi connectivity index (χ0) is 15.6. The van der Waals surface area contributed by atoms with Crippen LogP contribution in [-0.2, 0) is 0 Å². The molecule has 118 valence electrons. The van der Waals surface area contributed by atoms with Gasteiger partial charge in [0.25, 0.3) is 0 Å². The molecule has 2 aromatic heterocycles. The highest BCUT2D eigenvalue weighted by Gasteiger charge is 2.15. The highest BCUT2D eigenvalue weighted by molar-refractivity contribution is 7.99. The first kappa shape index (κ1) is 14.5. The molecule has 1 fully saturated rings. The van der Waals surface area contributed by atoms with Crippen LogP contribution in [0.3, 0.4) is 0 Å². The summed E-state index contributed by atoms with van der Waals surface area (Å²) in [5.74, 6) is 0. The Morgan fingerprint density at radius 3 is 2.74 bits per heavy atom. The summed E-state index contributed by atoms with van der Waals surface area (Å²) in [6, 6.07) is 8.52. The number of hydrogen-bond donors (Lipinski definition) is 1. The number of anilines is 1. The third-order valence-electron chi connectivity index (χ3n) is 4.11. The first-order chi connectivity index (χ1) is 11.3. The number of aromatic nitrogens is 4. The van der Waals surface area contributed by atoms with E-state index in [9.17, 15) is 0 Å². The molecule has 23 heavy (non-hydrogen) atoms. The molecule has 1 N–H and O–H groups in total. The molecule has 1 aliphatic heterocycles. The SMILES string of the molecule is CN1CCN(c2cnc3ccc(Sc4ncn[nH]4)cc3c2)CC1. The molecule has 0 amide bonds. The van der Waals surface area contributed by atoms with Crippen molar-refractivity contribution in [2.24, 2.45) is 0 Å². The molecule has 7 heteroatoms. The number of nitrogens with one attached hydrogen (secondary N) is 1. The average molecular weight is 326 g/mol. The van der Waals surface area contributed by atoms with Gasteiger partial charge in [0, 0.05) is 36.5 Å². The molecule has 1 aromatic carbocycles. The van der Waals surface area contributed by atoms with E-state index in [0.29, 0.717) is 0 Å². The molecule has 3 heterocycles. The number of hydrogen-bond acceptors (Lipinski definition) is 6. The maximum absolute atomic E-state index is 4.61. The topological polar surface area (TPSA) is 60.9 Å². The Labute approximate surface area is 138 Å². The van der Waals surface area contributed by atoms with Crippen LogP contribution < -0.4 is 4.90 Å². The van der Waals surface area contributed by atoms with Gasteiger partial charge in [0.05, 0.1) is 17.4 Å². The summed E-state index contributed by atoms with van der Waals surface area (Å²) in [6.07, 6.45) is 3.51. The van der Waals surface area contributed by atoms with Crippen LogP contribution in [0.4, 0.5) is 5.69 Å². The number of benzene rings is 1. The Hall–Kier alpha value is -2.12. The summed E-state index contributed by atoms with van der Waals surface area (Å²) >= 11 is 1.57. The van der Waals surface area contributed by atoms with Crippen LogP contribution in [0.15, 0.2) is 46.8 Å². The monoisotopic (exact) mass is 326 g/mol. The summed E-state index contributed by atoms with van der Waals surface area (Å²) in [7, 11) is 2.17. The number of piperazine rings is 1. The van der Waals surface area contributed by atoms with Crippen LogP contribution >= 0.6 is 11.8 Å². The minimum absolute atomic E-state index is 0.799. The van der Waals surface area contributed by atoms with Crippen LogP contribution in [0.2, 0.25) is 0 Å². The predicted molar refractivity (Wildman–Crippen MR) is 92.0 cm³/mol. The molecule has 0 aliphatic carbocycles. The van der Waals surface area contributed by atoms with Gasteiger partial charge in [-0.15, -0.1) is 0 Å². The van der Waals surface area contributed by atoms with E-state index in [1.165, 1.54) is 12.0 Å². The van der Waals surface area contributed by atoms with Crippen LogP contribution in [0.5, 0.6) is 0 Å². The van der Waals surface area contributed by atoms with Crippen molar-refractivity contribution in [1.29, 1.82) is 0 Å². The van der Waals surface area contributed by atoms with Gasteiger partial charge >= 0.3 is 0 Å². The van der Waals surface area contributed by atoms with Gasteiger partial charge in [-0.3, -0.25) is 10.1 Å². The zero-order valence-electron chi connectivity index (χ0n) is 12.9. The van der Waals surface area contributed by atoms with Crippen LogP contribution in [0.1, 0.15) is 0 Å². The number of fused-ring (bicyclic) bond motifs is 1. The Balaban J connectivity index is 1.61. The smallest absolute Gasteiger partial charge is 0.188 e. The Bertz CT molecular complexity index is 795. The molecule has 0 spiro atoms. The Morgan fingerprint density at radius 2 is 1.96 bits per heavy atom. The quantitative estimate of drug-likeness (QED) is 0.797. The van der Waals surface area contributed by atoms with Gasteiger partial charge in [-0.1, -0.05) is 11.8 Å². The highest BCUT2D eigenvalue weighted by Crippen LogP contribution is 2.28. The second-order valence-corrected chi connectivity index (χ2v) is 6.79. The largest absolute Gasteiger partial charge is 0.368 e. The molecule has 6 nitrogen and oxygen atoms in total. The van der Waals surface area contributed by atoms with Crippen molar-refractivity contribution >= 4 is 28.4 Å². The second kappa shape index (κ2) is 6.17. The highest BCUT2D eigenvalue weighted by atomic mass is 32.2. The number of rotatable bonds is 3. The lowest BCUT2D eigenvalue weighted by molar-refractivity contribution is 0.313. The first-order valence-corrected chi connectivity index (χ1v) is 8.46. The van der Waals surface area contributed by atoms with Gasteiger partial charge < -0.3 is 9.80 Å². The fourth-order valence-electron chi connectivity index (χ4n) is 2.75. The number of nitrogens with zero attached hydrogens (tertiary/aromatic N) is 5. The van der Waals surface area contributed by atoms with Crippen molar-refractivity contribution in [1.82, 2.24) is 25.1 Å². The fraction of sp³-hybridized carbons (Fsp3) is 0.312. The van der Waals surface area contributed by atoms with Crippen LogP contribution in [0.25, 0.3) is 10.9 Å². The molecule has 0 saturated carbocycles. The van der Waals surface area contributed by atoms with Gasteiger partial charge in [-0.2, -0.15) is 5.10 Å². The lowest BCUT2D eigenvalue weighted by Gasteiger charge is -2.33. The lowest BCUT2D eigenvalue weighted by Crippen LogP contribution is -2.44. The standard InChI is InChI=1S/C16H18N6S/c1-21-4-6-22(7-5-21)13-8-12-9-14(2-3-15(12)17-10-13)23-16-18-11-19-20-16/h2-3,8-11H,4-7H2,1H3,(H,18,19,20). The summed E-state index contributed by atoms with van der Waals surface area (Å²) < 4.78 is 0. The van der Waals surface area contributed by atoms with E-state index in [1.807, 2.05) is 6.20 Å². The fourth-order valence-corrected chi connectivity index (χ4v) is 3.50. The van der Waals surface area contributed by atoms with E-state index in [2.05, 4.69) is 61.3 Å². The van der Waals surface area contributed by atoms with Gasteiger partial charge in [0.1, 0.15) is 6.33 Å². The Kier molecular flexibility index (Phi) is 3.88. The van der Waals surface area contributed by atoms with Crippen molar-refractivity contribution in [3.63, 3.8) is 0 Å². The number of likely N-dealkylation sites (N-methyl/N-ethyl adjacent to an activating group) is 1. The van der Waals surface area contributed by atoms with Crippen molar-refractivity contribution in [3.05, 3.63) is 36.8 Å². The van der Waals surface area contributed by atoms with Crippen molar-refractivity contribution in [2.75, 3.05) is 38.1 Å². The number of H-pyrrole nitrogens is 1. The van der Waals surface area contributed by atoms with Crippen molar-refractivity contribution in [2.45, 2.75) is 10.1 Å². The Morgan fingerprint density at radius 1 is 1.09 bits per heavy atom. The normalized spacial score (nSPS) is 16.1. The molecular formula is C16H18N6S. The third kappa shape index (κ3) is 3.16. The number of aromatic amines is 1. The molecule has 1 saturated heterocycles. The molecule has 0 radical (unpaired) electrons. The molecule has 3 aromatic rings. The van der Waals surface area contributed by atoms with Gasteiger partial charge in [-0.25, -0.2) is 4.98 Å². The maximum Gasteiger partial charge on any atom is 0.188 e. The molecular weight excluding hydrogens is 308 g/mol. The van der Waals surface area contributed by atoms with E-state index in [0.717, 1.165) is 47.1 Å². The first-order valence-electron chi connectivity index (χ1n) is 7.64. The van der Waals surface area contributed by atoms with Gasteiger partial charge in [-0.05, 0) is 31.3 Å². The molecule has 1 aliphatic rings. The summed E-state index contributed by atoms with van der Waals surface area (Å²) in [5.41, 5.74) is 2.22. The van der Waals surface area contributed by atoms with Crippen molar-refractivity contribution < 1.29 is 0 Å². The molecule has 0 atom stereocenters. The molecule has 0 unspecified atom stereocenters. The van der Waals surface area contributed by atoms with E-state index in [-0.39, 0.29) is 0 Å². The minimum Gasteiger partial charge on any atom is -0.368 e. The molecule has 0 bridgehead atoms. The third-order valence-corrected chi connectivity index (χ3v) is 4.99. The average Bonchev–Trinajstić information content (AvgIpc) is 3.08. The minimum atomic E-state index is 0.799. The maximum atomic E-state index is 4.61.